The molecule has 1 aromatic carbocycles. The highest BCUT2D eigenvalue weighted by atomic mass is 19.3. The molecule has 11 heteroatoms. The lowest BCUT2D eigenvalue weighted by Gasteiger charge is -2.26. The lowest BCUT2D eigenvalue weighted by Crippen LogP contribution is -2.44. The van der Waals surface area contributed by atoms with E-state index in [1.807, 2.05) is 13.8 Å². The van der Waals surface area contributed by atoms with E-state index in [0.717, 1.165) is 12.8 Å². The third-order valence-electron chi connectivity index (χ3n) is 7.55. The Bertz CT molecular complexity index is 1400. The number of ether oxygens (including phenoxy) is 2. The Morgan fingerprint density at radius 3 is 2.72 bits per heavy atom. The van der Waals surface area contributed by atoms with E-state index in [9.17, 15) is 18.4 Å². The Labute approximate surface area is 225 Å². The normalized spacial score (nSPS) is 18.6. The van der Waals surface area contributed by atoms with Crippen molar-refractivity contribution in [2.24, 2.45) is 11.3 Å². The Hall–Kier alpha value is -3.60. The van der Waals surface area contributed by atoms with Gasteiger partial charge in [0.1, 0.15) is 29.9 Å². The van der Waals surface area contributed by atoms with Crippen molar-refractivity contribution in [3.05, 3.63) is 41.3 Å². The first-order valence-electron chi connectivity index (χ1n) is 13.0. The number of aryl methyl sites for hydroxylation is 1. The highest BCUT2D eigenvalue weighted by Crippen LogP contribution is 2.38. The van der Waals surface area contributed by atoms with Crippen molar-refractivity contribution in [1.29, 1.82) is 0 Å². The quantitative estimate of drug-likeness (QED) is 0.419. The standard InChI is InChI=1S/C28H33F2N5O4/c1-15-22(27(37)34-20-10-35(13-28(20,2)3)21(36)12-38-4)24-25(33-15)23(31-14-32-24)18-9-17(26(29)30)7-8-19(18)39-11-16-5-6-16/h7-9,14,16,20,26,33H,5-6,10-13H2,1-4H3,(H,34,37)/t20-/m1/s1. The van der Waals surface area contributed by atoms with Crippen LogP contribution in [0.3, 0.4) is 0 Å². The number of benzene rings is 1. The number of fused-ring (bicyclic) bond motifs is 1. The molecule has 2 aromatic heterocycles. The van der Waals surface area contributed by atoms with E-state index >= 15 is 0 Å². The van der Waals surface area contributed by atoms with Crippen molar-refractivity contribution >= 4 is 22.8 Å². The van der Waals surface area contributed by atoms with Gasteiger partial charge in [0.15, 0.2) is 0 Å². The molecule has 1 aliphatic carbocycles. The molecule has 0 bridgehead atoms. The van der Waals surface area contributed by atoms with Gasteiger partial charge in [-0.2, -0.15) is 0 Å². The van der Waals surface area contributed by atoms with Crippen LogP contribution in [-0.4, -0.2) is 71.1 Å². The minimum Gasteiger partial charge on any atom is -0.493 e. The lowest BCUT2D eigenvalue weighted by atomic mass is 9.87. The number of carbonyl (C=O) groups is 2. The number of halogens is 2. The van der Waals surface area contributed by atoms with Gasteiger partial charge in [0.2, 0.25) is 5.91 Å². The molecule has 39 heavy (non-hydrogen) atoms. The predicted octanol–water partition coefficient (Wildman–Crippen LogP) is 4.27. The Morgan fingerprint density at radius 1 is 1.26 bits per heavy atom. The van der Waals surface area contributed by atoms with Crippen LogP contribution in [0.1, 0.15) is 54.7 Å². The number of amides is 2. The summed E-state index contributed by atoms with van der Waals surface area (Å²) in [6.45, 7) is 7.10. The zero-order chi connectivity index (χ0) is 27.9. The molecule has 5 rings (SSSR count). The van der Waals surface area contributed by atoms with Crippen molar-refractivity contribution in [2.45, 2.75) is 46.1 Å². The molecule has 2 fully saturated rings. The van der Waals surface area contributed by atoms with E-state index in [0.29, 0.717) is 64.9 Å². The number of likely N-dealkylation sites (tertiary alicyclic amines) is 1. The van der Waals surface area contributed by atoms with E-state index < -0.39 is 6.43 Å². The van der Waals surface area contributed by atoms with E-state index in [2.05, 4.69) is 20.3 Å². The first-order valence-corrected chi connectivity index (χ1v) is 13.0. The molecule has 208 valence electrons. The van der Waals surface area contributed by atoms with Crippen molar-refractivity contribution in [2.75, 3.05) is 33.4 Å². The molecule has 2 N–H and O–H groups in total. The van der Waals surface area contributed by atoms with Crippen LogP contribution in [0.15, 0.2) is 24.5 Å². The Balaban J connectivity index is 1.48. The number of methoxy groups -OCH3 is 1. The van der Waals surface area contributed by atoms with Crippen LogP contribution in [0.25, 0.3) is 22.3 Å². The fraction of sp³-hybridized carbons (Fsp3) is 0.500. The zero-order valence-corrected chi connectivity index (χ0v) is 22.5. The van der Waals surface area contributed by atoms with Crippen molar-refractivity contribution in [3.63, 3.8) is 0 Å². The highest BCUT2D eigenvalue weighted by Gasteiger charge is 2.42. The maximum absolute atomic E-state index is 13.6. The van der Waals surface area contributed by atoms with Gasteiger partial charge in [-0.3, -0.25) is 9.59 Å². The van der Waals surface area contributed by atoms with Crippen molar-refractivity contribution in [3.8, 4) is 17.0 Å². The third kappa shape index (κ3) is 5.45. The number of hydrogen-bond acceptors (Lipinski definition) is 6. The molecule has 0 unspecified atom stereocenters. The molecule has 1 atom stereocenters. The van der Waals surface area contributed by atoms with E-state index in [1.165, 1.54) is 25.6 Å². The summed E-state index contributed by atoms with van der Waals surface area (Å²) in [4.78, 5) is 39.7. The first-order chi connectivity index (χ1) is 18.6. The topological polar surface area (TPSA) is 109 Å². The van der Waals surface area contributed by atoms with Gasteiger partial charge < -0.3 is 24.7 Å². The number of hydrogen-bond donors (Lipinski definition) is 2. The van der Waals surface area contributed by atoms with Gasteiger partial charge in [-0.25, -0.2) is 18.7 Å². The predicted molar refractivity (Wildman–Crippen MR) is 141 cm³/mol. The van der Waals surface area contributed by atoms with Crippen LogP contribution in [-0.2, 0) is 9.53 Å². The van der Waals surface area contributed by atoms with Crippen LogP contribution >= 0.6 is 0 Å². The maximum Gasteiger partial charge on any atom is 0.263 e. The number of carbonyl (C=O) groups excluding carboxylic acids is 2. The molecule has 2 amide bonds. The fourth-order valence-electron chi connectivity index (χ4n) is 5.10. The maximum atomic E-state index is 13.6. The van der Waals surface area contributed by atoms with Crippen molar-refractivity contribution < 1.29 is 27.8 Å². The Morgan fingerprint density at radius 2 is 2.03 bits per heavy atom. The van der Waals surface area contributed by atoms with E-state index in [-0.39, 0.29) is 35.4 Å². The molecule has 0 radical (unpaired) electrons. The Kier molecular flexibility index (Phi) is 7.28. The van der Waals surface area contributed by atoms with Crippen molar-refractivity contribution in [1.82, 2.24) is 25.2 Å². The van der Waals surface area contributed by atoms with Crippen LogP contribution in [0.2, 0.25) is 0 Å². The van der Waals surface area contributed by atoms with E-state index in [1.54, 1.807) is 17.9 Å². The minimum absolute atomic E-state index is 0.0167. The second kappa shape index (κ2) is 10.5. The summed E-state index contributed by atoms with van der Waals surface area (Å²) >= 11 is 0. The molecule has 9 nitrogen and oxygen atoms in total. The summed E-state index contributed by atoms with van der Waals surface area (Å²) in [5, 5.41) is 3.09. The van der Waals surface area contributed by atoms with Crippen LogP contribution < -0.4 is 10.1 Å². The lowest BCUT2D eigenvalue weighted by molar-refractivity contribution is -0.134. The van der Waals surface area contributed by atoms with E-state index in [4.69, 9.17) is 9.47 Å². The second-order valence-corrected chi connectivity index (χ2v) is 11.1. The molecule has 2 aliphatic rings. The van der Waals surface area contributed by atoms with Crippen LogP contribution in [0.4, 0.5) is 8.78 Å². The summed E-state index contributed by atoms with van der Waals surface area (Å²) in [7, 11) is 1.47. The fourth-order valence-corrected chi connectivity index (χ4v) is 5.10. The second-order valence-electron chi connectivity index (χ2n) is 11.1. The molecule has 1 saturated heterocycles. The van der Waals surface area contributed by atoms with Gasteiger partial charge in [0.05, 0.1) is 23.7 Å². The zero-order valence-electron chi connectivity index (χ0n) is 22.5. The summed E-state index contributed by atoms with van der Waals surface area (Å²) in [5.74, 6) is 0.461. The molecule has 3 heterocycles. The molecule has 0 spiro atoms. The van der Waals surface area contributed by atoms with Gasteiger partial charge in [-0.15, -0.1) is 0 Å². The van der Waals surface area contributed by atoms with Crippen LogP contribution in [0, 0.1) is 18.3 Å². The van der Waals surface area contributed by atoms with Gasteiger partial charge in [-0.05, 0) is 43.9 Å². The number of H-pyrrole nitrogens is 1. The number of aromatic amines is 1. The first kappa shape index (κ1) is 27.0. The number of alkyl halides is 2. The minimum atomic E-state index is -2.66. The largest absolute Gasteiger partial charge is 0.493 e. The smallest absolute Gasteiger partial charge is 0.263 e. The molecular weight excluding hydrogens is 508 g/mol. The number of rotatable bonds is 9. The van der Waals surface area contributed by atoms with Gasteiger partial charge in [-0.1, -0.05) is 13.8 Å². The average molecular weight is 542 g/mol. The van der Waals surface area contributed by atoms with Gasteiger partial charge in [0, 0.05) is 42.4 Å². The number of nitrogens with one attached hydrogen (secondary N) is 2. The summed E-state index contributed by atoms with van der Waals surface area (Å²) < 4.78 is 38.2. The molecule has 1 aliphatic heterocycles. The number of nitrogens with zero attached hydrogens (tertiary/aromatic N) is 3. The molecule has 3 aromatic rings. The molecular formula is C28H33F2N5O4. The summed E-state index contributed by atoms with van der Waals surface area (Å²) in [6.07, 6.45) is 0.848. The highest BCUT2D eigenvalue weighted by molar-refractivity contribution is 6.09. The van der Waals surface area contributed by atoms with Gasteiger partial charge in [0.25, 0.3) is 12.3 Å². The number of aromatic nitrogens is 3. The monoisotopic (exact) mass is 541 g/mol. The molecule has 1 saturated carbocycles. The summed E-state index contributed by atoms with van der Waals surface area (Å²) in [5.41, 5.74) is 2.05. The van der Waals surface area contributed by atoms with Crippen LogP contribution in [0.5, 0.6) is 5.75 Å². The third-order valence-corrected chi connectivity index (χ3v) is 7.55. The average Bonchev–Trinajstić information content (AvgIpc) is 3.58. The SMILES string of the molecule is COCC(=O)N1C[C@@H](NC(=O)c2c(C)[nH]c3c(-c4cc(C(F)F)ccc4OCC4CC4)ncnc23)C(C)(C)C1. The summed E-state index contributed by atoms with van der Waals surface area (Å²) in [6, 6.07) is 4.01. The van der Waals surface area contributed by atoms with Gasteiger partial charge >= 0.3 is 0 Å².